The zero-order valence-electron chi connectivity index (χ0n) is 8.19. The van der Waals surface area contributed by atoms with Gasteiger partial charge < -0.3 is 9.72 Å². The van der Waals surface area contributed by atoms with Crippen LogP contribution in [0.5, 0.6) is 0 Å². The first-order chi connectivity index (χ1) is 7.22. The van der Waals surface area contributed by atoms with Crippen LogP contribution in [0.25, 0.3) is 11.0 Å². The third-order valence-electron chi connectivity index (χ3n) is 2.20. The zero-order valence-corrected chi connectivity index (χ0v) is 8.19. The van der Waals surface area contributed by atoms with Crippen molar-refractivity contribution in [2.75, 3.05) is 7.11 Å². The number of para-hydroxylation sites is 2. The number of imidazole rings is 1. The number of ether oxygens (including phenoxy) is 1. The fourth-order valence-electron chi connectivity index (χ4n) is 1.46. The summed E-state index contributed by atoms with van der Waals surface area (Å²) in [5.41, 5.74) is 1.11. The molecule has 1 N–H and O–H groups in total. The minimum atomic E-state index is -0.443. The quantitative estimate of drug-likeness (QED) is 0.728. The molecule has 0 aliphatic rings. The van der Waals surface area contributed by atoms with E-state index in [1.807, 2.05) is 12.1 Å². The molecule has 0 fully saturated rings. The maximum absolute atomic E-state index is 11.5. The summed E-state index contributed by atoms with van der Waals surface area (Å²) in [5, 5.41) is 0. The number of hydrogen-bond acceptors (Lipinski definition) is 3. The standard InChI is InChI=1S/C10H10N2O3/c1-15-9(13)6-12-8-5-3-2-4-7(8)11-10(12)14/h2-5H,6H2,1H3,(H,11,14). The molecule has 0 saturated heterocycles. The Morgan fingerprint density at radius 2 is 2.20 bits per heavy atom. The summed E-state index contributed by atoms with van der Waals surface area (Å²) < 4.78 is 5.86. The molecule has 5 heteroatoms. The molecular formula is C10H10N2O3. The third kappa shape index (κ3) is 1.63. The summed E-state index contributed by atoms with van der Waals surface area (Å²) in [4.78, 5) is 25.2. The minimum absolute atomic E-state index is 0.0701. The van der Waals surface area contributed by atoms with Crippen LogP contribution in [0.4, 0.5) is 0 Å². The summed E-state index contributed by atoms with van der Waals surface area (Å²) in [5.74, 6) is -0.443. The number of aromatic amines is 1. The van der Waals surface area contributed by atoms with Gasteiger partial charge in [-0.15, -0.1) is 0 Å². The molecule has 2 aromatic rings. The van der Waals surface area contributed by atoms with Gasteiger partial charge in [0.2, 0.25) is 0 Å². The van der Waals surface area contributed by atoms with Crippen LogP contribution in [-0.2, 0) is 16.1 Å². The molecule has 0 aliphatic carbocycles. The van der Waals surface area contributed by atoms with E-state index in [9.17, 15) is 9.59 Å². The highest BCUT2D eigenvalue weighted by molar-refractivity contribution is 5.77. The van der Waals surface area contributed by atoms with E-state index < -0.39 is 5.97 Å². The lowest BCUT2D eigenvalue weighted by Gasteiger charge is -2.00. The lowest BCUT2D eigenvalue weighted by atomic mass is 10.3. The number of methoxy groups -OCH3 is 1. The monoisotopic (exact) mass is 206 g/mol. The van der Waals surface area contributed by atoms with Crippen LogP contribution < -0.4 is 5.69 Å². The van der Waals surface area contributed by atoms with E-state index in [0.717, 1.165) is 0 Å². The third-order valence-corrected chi connectivity index (χ3v) is 2.20. The van der Waals surface area contributed by atoms with Crippen molar-refractivity contribution in [3.63, 3.8) is 0 Å². The average molecular weight is 206 g/mol. The van der Waals surface area contributed by atoms with Gasteiger partial charge in [-0.1, -0.05) is 12.1 Å². The highest BCUT2D eigenvalue weighted by Crippen LogP contribution is 2.08. The molecule has 15 heavy (non-hydrogen) atoms. The molecule has 78 valence electrons. The summed E-state index contributed by atoms with van der Waals surface area (Å²) in [6.45, 7) is -0.0701. The Balaban J connectivity index is 2.54. The van der Waals surface area contributed by atoms with Crippen molar-refractivity contribution >= 4 is 17.0 Å². The second-order valence-corrected chi connectivity index (χ2v) is 3.11. The van der Waals surface area contributed by atoms with Crippen molar-refractivity contribution in [1.29, 1.82) is 0 Å². The largest absolute Gasteiger partial charge is 0.468 e. The molecule has 1 aromatic carbocycles. The van der Waals surface area contributed by atoms with Gasteiger partial charge in [-0.25, -0.2) is 4.79 Å². The Bertz CT molecular complexity index is 553. The van der Waals surface area contributed by atoms with E-state index >= 15 is 0 Å². The zero-order chi connectivity index (χ0) is 10.8. The van der Waals surface area contributed by atoms with Crippen LogP contribution in [0.3, 0.4) is 0 Å². The fraction of sp³-hybridized carbons (Fsp3) is 0.200. The molecule has 5 nitrogen and oxygen atoms in total. The Kier molecular flexibility index (Phi) is 2.29. The Hall–Kier alpha value is -2.04. The molecule has 0 unspecified atom stereocenters. The van der Waals surface area contributed by atoms with Gasteiger partial charge in [0, 0.05) is 0 Å². The highest BCUT2D eigenvalue weighted by Gasteiger charge is 2.09. The van der Waals surface area contributed by atoms with Gasteiger partial charge in [-0.3, -0.25) is 9.36 Å². The minimum Gasteiger partial charge on any atom is -0.468 e. The van der Waals surface area contributed by atoms with E-state index in [1.165, 1.54) is 11.7 Å². The normalized spacial score (nSPS) is 10.5. The predicted octanol–water partition coefficient (Wildman–Crippen LogP) is 0.503. The van der Waals surface area contributed by atoms with E-state index in [2.05, 4.69) is 9.72 Å². The molecule has 0 spiro atoms. The van der Waals surface area contributed by atoms with Gasteiger partial charge in [0.15, 0.2) is 0 Å². The second-order valence-electron chi connectivity index (χ2n) is 3.11. The van der Waals surface area contributed by atoms with Gasteiger partial charge in [0.25, 0.3) is 0 Å². The Labute approximate surface area is 85.3 Å². The molecule has 1 aromatic heterocycles. The molecule has 1 heterocycles. The summed E-state index contributed by atoms with van der Waals surface area (Å²) in [7, 11) is 1.29. The summed E-state index contributed by atoms with van der Waals surface area (Å²) in [6.07, 6.45) is 0. The lowest BCUT2D eigenvalue weighted by molar-refractivity contribution is -0.141. The number of rotatable bonds is 2. The maximum Gasteiger partial charge on any atom is 0.327 e. The molecular weight excluding hydrogens is 196 g/mol. The number of esters is 1. The number of carbonyl (C=O) groups is 1. The molecule has 0 radical (unpaired) electrons. The van der Waals surface area contributed by atoms with E-state index in [-0.39, 0.29) is 12.2 Å². The number of nitrogens with one attached hydrogen (secondary N) is 1. The highest BCUT2D eigenvalue weighted by atomic mass is 16.5. The summed E-state index contributed by atoms with van der Waals surface area (Å²) >= 11 is 0. The van der Waals surface area contributed by atoms with Gasteiger partial charge >= 0.3 is 11.7 Å². The number of nitrogens with zero attached hydrogens (tertiary/aromatic N) is 1. The smallest absolute Gasteiger partial charge is 0.327 e. The summed E-state index contributed by atoms with van der Waals surface area (Å²) in [6, 6.07) is 7.19. The van der Waals surface area contributed by atoms with Crippen molar-refractivity contribution in [3.05, 3.63) is 34.7 Å². The molecule has 2 rings (SSSR count). The van der Waals surface area contributed by atoms with Crippen LogP contribution >= 0.6 is 0 Å². The van der Waals surface area contributed by atoms with Crippen LogP contribution in [0.2, 0.25) is 0 Å². The Morgan fingerprint density at radius 1 is 1.47 bits per heavy atom. The topological polar surface area (TPSA) is 64.1 Å². The van der Waals surface area contributed by atoms with Crippen molar-refractivity contribution in [1.82, 2.24) is 9.55 Å². The first-order valence-corrected chi connectivity index (χ1v) is 4.46. The van der Waals surface area contributed by atoms with E-state index in [0.29, 0.717) is 11.0 Å². The predicted molar refractivity (Wildman–Crippen MR) is 54.6 cm³/mol. The fourth-order valence-corrected chi connectivity index (χ4v) is 1.46. The van der Waals surface area contributed by atoms with E-state index in [1.54, 1.807) is 12.1 Å². The van der Waals surface area contributed by atoms with Crippen molar-refractivity contribution in [2.45, 2.75) is 6.54 Å². The number of carbonyl (C=O) groups excluding carboxylic acids is 1. The molecule has 0 atom stereocenters. The molecule has 0 amide bonds. The van der Waals surface area contributed by atoms with Gasteiger partial charge in [-0.05, 0) is 12.1 Å². The number of benzene rings is 1. The number of hydrogen-bond donors (Lipinski definition) is 1. The Morgan fingerprint density at radius 3 is 2.93 bits per heavy atom. The average Bonchev–Trinajstić information content (AvgIpc) is 2.55. The van der Waals surface area contributed by atoms with Crippen molar-refractivity contribution < 1.29 is 9.53 Å². The van der Waals surface area contributed by atoms with Crippen molar-refractivity contribution in [2.24, 2.45) is 0 Å². The number of H-pyrrole nitrogens is 1. The number of fused-ring (bicyclic) bond motifs is 1. The van der Waals surface area contributed by atoms with E-state index in [4.69, 9.17) is 0 Å². The van der Waals surface area contributed by atoms with Gasteiger partial charge in [0.05, 0.1) is 18.1 Å². The van der Waals surface area contributed by atoms with Crippen LogP contribution in [-0.4, -0.2) is 22.6 Å². The molecule has 0 aliphatic heterocycles. The van der Waals surface area contributed by atoms with Crippen LogP contribution in [0.15, 0.2) is 29.1 Å². The lowest BCUT2D eigenvalue weighted by Crippen LogP contribution is -2.22. The molecule has 0 bridgehead atoms. The maximum atomic E-state index is 11.5. The number of aromatic nitrogens is 2. The van der Waals surface area contributed by atoms with Gasteiger partial charge in [0.1, 0.15) is 6.54 Å². The van der Waals surface area contributed by atoms with Crippen LogP contribution in [0.1, 0.15) is 0 Å². The second kappa shape index (κ2) is 3.61. The SMILES string of the molecule is COC(=O)Cn1c(=O)[nH]c2ccccc21. The van der Waals surface area contributed by atoms with Gasteiger partial charge in [-0.2, -0.15) is 0 Å². The molecule has 0 saturated carbocycles. The first-order valence-electron chi connectivity index (χ1n) is 4.46. The first kappa shape index (κ1) is 9.51. The van der Waals surface area contributed by atoms with Crippen LogP contribution in [0, 0.1) is 0 Å². The van der Waals surface area contributed by atoms with Crippen molar-refractivity contribution in [3.8, 4) is 0 Å².